The van der Waals surface area contributed by atoms with Gasteiger partial charge in [-0.15, -0.1) is 0 Å². The number of aryl methyl sites for hydroxylation is 1. The van der Waals surface area contributed by atoms with Gasteiger partial charge in [-0.25, -0.2) is 4.39 Å². The molecule has 0 radical (unpaired) electrons. The number of unbranched alkanes of at least 4 members (excludes halogenated alkanes) is 1. The van der Waals surface area contributed by atoms with Gasteiger partial charge in [-0.2, -0.15) is 0 Å². The smallest absolute Gasteiger partial charge is 0.123 e. The average molecular weight is 209 g/mol. The lowest BCUT2D eigenvalue weighted by molar-refractivity contribution is 0.625. The highest BCUT2D eigenvalue weighted by Crippen LogP contribution is 2.17. The molecule has 0 amide bonds. The molecular formula is C13H20FN. The molecule has 1 rings (SSSR count). The van der Waals surface area contributed by atoms with Crippen molar-refractivity contribution in [2.45, 2.75) is 46.1 Å². The topological polar surface area (TPSA) is 12.0 Å². The fourth-order valence-corrected chi connectivity index (χ4v) is 1.64. The van der Waals surface area contributed by atoms with E-state index < -0.39 is 0 Å². The summed E-state index contributed by atoms with van der Waals surface area (Å²) in [7, 11) is 0. The number of rotatable bonds is 5. The fourth-order valence-electron chi connectivity index (χ4n) is 1.64. The van der Waals surface area contributed by atoms with Gasteiger partial charge in [0.15, 0.2) is 0 Å². The van der Waals surface area contributed by atoms with E-state index in [2.05, 4.69) is 19.2 Å². The quantitative estimate of drug-likeness (QED) is 0.769. The summed E-state index contributed by atoms with van der Waals surface area (Å²) >= 11 is 0. The zero-order valence-corrected chi connectivity index (χ0v) is 9.81. The van der Waals surface area contributed by atoms with E-state index in [1.54, 1.807) is 6.07 Å². The van der Waals surface area contributed by atoms with Gasteiger partial charge in [0.05, 0.1) is 0 Å². The van der Waals surface area contributed by atoms with Gasteiger partial charge in [-0.3, -0.25) is 0 Å². The minimum atomic E-state index is -0.167. The first-order valence-corrected chi connectivity index (χ1v) is 5.66. The molecule has 1 nitrogen and oxygen atoms in total. The van der Waals surface area contributed by atoms with Crippen molar-refractivity contribution in [1.82, 2.24) is 0 Å². The van der Waals surface area contributed by atoms with E-state index in [9.17, 15) is 4.39 Å². The van der Waals surface area contributed by atoms with Gasteiger partial charge < -0.3 is 5.32 Å². The SMILES string of the molecule is CCCCC(C)Nc1ccc(F)cc1C. The van der Waals surface area contributed by atoms with E-state index in [4.69, 9.17) is 0 Å². The summed E-state index contributed by atoms with van der Waals surface area (Å²) in [6, 6.07) is 5.33. The number of nitrogens with one attached hydrogen (secondary N) is 1. The minimum absolute atomic E-state index is 0.167. The van der Waals surface area contributed by atoms with Crippen molar-refractivity contribution in [3.63, 3.8) is 0 Å². The molecule has 2 heteroatoms. The lowest BCUT2D eigenvalue weighted by Crippen LogP contribution is -2.15. The second kappa shape index (κ2) is 5.74. The third kappa shape index (κ3) is 3.90. The number of anilines is 1. The highest BCUT2D eigenvalue weighted by molar-refractivity contribution is 5.51. The number of halogens is 1. The maximum absolute atomic E-state index is 12.9. The van der Waals surface area contributed by atoms with Crippen LogP contribution in [0.1, 0.15) is 38.7 Å². The first-order valence-electron chi connectivity index (χ1n) is 5.66. The molecule has 0 heterocycles. The van der Waals surface area contributed by atoms with Gasteiger partial charge >= 0.3 is 0 Å². The Kier molecular flexibility index (Phi) is 4.60. The van der Waals surface area contributed by atoms with Crippen LogP contribution in [0.5, 0.6) is 0 Å². The van der Waals surface area contributed by atoms with Crippen molar-refractivity contribution in [3.8, 4) is 0 Å². The van der Waals surface area contributed by atoms with Crippen LogP contribution >= 0.6 is 0 Å². The van der Waals surface area contributed by atoms with Crippen molar-refractivity contribution in [2.24, 2.45) is 0 Å². The normalized spacial score (nSPS) is 12.5. The molecule has 1 unspecified atom stereocenters. The molecule has 1 aromatic carbocycles. The number of hydrogen-bond acceptors (Lipinski definition) is 1. The van der Waals surface area contributed by atoms with E-state index in [-0.39, 0.29) is 5.82 Å². The Balaban J connectivity index is 2.56. The van der Waals surface area contributed by atoms with E-state index in [0.29, 0.717) is 6.04 Å². The van der Waals surface area contributed by atoms with Gasteiger partial charge in [0.1, 0.15) is 5.82 Å². The first-order chi connectivity index (χ1) is 7.13. The van der Waals surface area contributed by atoms with Gasteiger partial charge in [-0.05, 0) is 44.0 Å². The minimum Gasteiger partial charge on any atom is -0.382 e. The van der Waals surface area contributed by atoms with Gasteiger partial charge in [0, 0.05) is 11.7 Å². The Morgan fingerprint density at radius 1 is 1.40 bits per heavy atom. The van der Waals surface area contributed by atoms with Crippen LogP contribution in [-0.2, 0) is 0 Å². The monoisotopic (exact) mass is 209 g/mol. The molecule has 84 valence electrons. The summed E-state index contributed by atoms with van der Waals surface area (Å²) in [5.74, 6) is -0.167. The first kappa shape index (κ1) is 12.0. The maximum Gasteiger partial charge on any atom is 0.123 e. The lowest BCUT2D eigenvalue weighted by Gasteiger charge is -2.16. The molecule has 0 aliphatic carbocycles. The van der Waals surface area contributed by atoms with Crippen molar-refractivity contribution in [1.29, 1.82) is 0 Å². The van der Waals surface area contributed by atoms with Gasteiger partial charge in [0.25, 0.3) is 0 Å². The predicted molar refractivity (Wildman–Crippen MR) is 63.7 cm³/mol. The van der Waals surface area contributed by atoms with E-state index in [1.165, 1.54) is 18.9 Å². The van der Waals surface area contributed by atoms with Crippen LogP contribution in [0.4, 0.5) is 10.1 Å². The van der Waals surface area contributed by atoms with Crippen LogP contribution in [0.3, 0.4) is 0 Å². The third-order valence-corrected chi connectivity index (χ3v) is 2.58. The Hall–Kier alpha value is -1.05. The Morgan fingerprint density at radius 3 is 2.73 bits per heavy atom. The summed E-state index contributed by atoms with van der Waals surface area (Å²) in [4.78, 5) is 0. The van der Waals surface area contributed by atoms with E-state index >= 15 is 0 Å². The van der Waals surface area contributed by atoms with Crippen LogP contribution in [0.2, 0.25) is 0 Å². The summed E-state index contributed by atoms with van der Waals surface area (Å²) in [5, 5.41) is 3.41. The lowest BCUT2D eigenvalue weighted by atomic mass is 10.1. The van der Waals surface area contributed by atoms with Crippen LogP contribution in [0, 0.1) is 12.7 Å². The fraction of sp³-hybridized carbons (Fsp3) is 0.538. The van der Waals surface area contributed by atoms with Crippen molar-refractivity contribution in [2.75, 3.05) is 5.32 Å². The Morgan fingerprint density at radius 2 is 2.13 bits per heavy atom. The number of benzene rings is 1. The Labute approximate surface area is 91.7 Å². The molecule has 1 aromatic rings. The molecule has 1 N–H and O–H groups in total. The molecule has 0 bridgehead atoms. The summed E-state index contributed by atoms with van der Waals surface area (Å²) < 4.78 is 12.9. The van der Waals surface area contributed by atoms with E-state index in [0.717, 1.165) is 17.7 Å². The summed E-state index contributed by atoms with van der Waals surface area (Å²) in [6.45, 7) is 6.28. The van der Waals surface area contributed by atoms with Gasteiger partial charge in [0.2, 0.25) is 0 Å². The zero-order chi connectivity index (χ0) is 11.3. The van der Waals surface area contributed by atoms with Crippen molar-refractivity contribution < 1.29 is 4.39 Å². The van der Waals surface area contributed by atoms with E-state index in [1.807, 2.05) is 13.0 Å². The van der Waals surface area contributed by atoms with Crippen LogP contribution in [-0.4, -0.2) is 6.04 Å². The maximum atomic E-state index is 12.9. The third-order valence-electron chi connectivity index (χ3n) is 2.58. The number of hydrogen-bond donors (Lipinski definition) is 1. The molecule has 15 heavy (non-hydrogen) atoms. The molecule has 0 saturated heterocycles. The molecule has 0 aliphatic rings. The molecule has 0 fully saturated rings. The van der Waals surface area contributed by atoms with Gasteiger partial charge in [-0.1, -0.05) is 19.8 Å². The molecule has 0 saturated carbocycles. The summed E-state index contributed by atoms with van der Waals surface area (Å²) in [5.41, 5.74) is 2.01. The standard InChI is InChI=1S/C13H20FN/c1-4-5-6-11(3)15-13-8-7-12(14)9-10(13)2/h7-9,11,15H,4-6H2,1-3H3. The zero-order valence-electron chi connectivity index (χ0n) is 9.81. The molecule has 0 aromatic heterocycles. The van der Waals surface area contributed by atoms with Crippen LogP contribution < -0.4 is 5.32 Å². The second-order valence-corrected chi connectivity index (χ2v) is 4.15. The van der Waals surface area contributed by atoms with Crippen molar-refractivity contribution in [3.05, 3.63) is 29.6 Å². The second-order valence-electron chi connectivity index (χ2n) is 4.15. The van der Waals surface area contributed by atoms with Crippen LogP contribution in [0.15, 0.2) is 18.2 Å². The van der Waals surface area contributed by atoms with Crippen LogP contribution in [0.25, 0.3) is 0 Å². The molecule has 0 aliphatic heterocycles. The average Bonchev–Trinajstić information content (AvgIpc) is 2.19. The largest absolute Gasteiger partial charge is 0.382 e. The molecular weight excluding hydrogens is 189 g/mol. The molecule has 0 spiro atoms. The highest BCUT2D eigenvalue weighted by atomic mass is 19.1. The summed E-state index contributed by atoms with van der Waals surface area (Å²) in [6.07, 6.45) is 3.61. The van der Waals surface area contributed by atoms with Crippen molar-refractivity contribution >= 4 is 5.69 Å². The highest BCUT2D eigenvalue weighted by Gasteiger charge is 2.04. The predicted octanol–water partition coefficient (Wildman–Crippen LogP) is 4.12. The molecule has 1 atom stereocenters. The Bertz CT molecular complexity index is 309.